The van der Waals surface area contributed by atoms with E-state index in [1.54, 1.807) is 0 Å². The maximum absolute atomic E-state index is 4.55. The van der Waals surface area contributed by atoms with Crippen molar-refractivity contribution in [2.24, 2.45) is 0 Å². The van der Waals surface area contributed by atoms with Gasteiger partial charge in [-0.1, -0.05) is 45.0 Å². The number of rotatable bonds is 2. The van der Waals surface area contributed by atoms with Gasteiger partial charge in [-0.05, 0) is 29.2 Å². The molecule has 0 aliphatic rings. The molecule has 2 rings (SSSR count). The molecule has 0 aliphatic carbocycles. The smallest absolute Gasteiger partial charge is 0.132 e. The molecule has 0 aliphatic heterocycles. The van der Waals surface area contributed by atoms with Gasteiger partial charge in [-0.25, -0.2) is 4.98 Å². The second-order valence-electron chi connectivity index (χ2n) is 5.55. The number of anilines is 2. The first-order valence-electron chi connectivity index (χ1n) is 6.24. The highest BCUT2D eigenvalue weighted by Gasteiger charge is 2.14. The molecule has 94 valence electrons. The molecule has 2 nitrogen and oxygen atoms in total. The summed E-state index contributed by atoms with van der Waals surface area (Å²) in [5.41, 5.74) is 2.55. The Hall–Kier alpha value is -1.83. The second kappa shape index (κ2) is 4.81. The summed E-state index contributed by atoms with van der Waals surface area (Å²) < 4.78 is 0. The van der Waals surface area contributed by atoms with Gasteiger partial charge in [-0.3, -0.25) is 0 Å². The fourth-order valence-corrected chi connectivity index (χ4v) is 1.81. The van der Waals surface area contributed by atoms with Crippen molar-refractivity contribution in [2.75, 3.05) is 11.9 Å². The Morgan fingerprint density at radius 2 is 1.61 bits per heavy atom. The number of benzene rings is 1. The predicted molar refractivity (Wildman–Crippen MR) is 77.4 cm³/mol. The van der Waals surface area contributed by atoms with Gasteiger partial charge in [0.15, 0.2) is 0 Å². The number of nitrogens with zero attached hydrogens (tertiary/aromatic N) is 2. The van der Waals surface area contributed by atoms with Crippen LogP contribution in [0.1, 0.15) is 26.3 Å². The maximum atomic E-state index is 4.55. The number of pyridine rings is 1. The fourth-order valence-electron chi connectivity index (χ4n) is 1.81. The summed E-state index contributed by atoms with van der Waals surface area (Å²) >= 11 is 0. The van der Waals surface area contributed by atoms with E-state index in [9.17, 15) is 0 Å². The van der Waals surface area contributed by atoms with E-state index >= 15 is 0 Å². The van der Waals surface area contributed by atoms with Crippen LogP contribution in [0.3, 0.4) is 0 Å². The standard InChI is InChI=1S/C16H20N2/c1-16(2,3)13-10-11-15(17-12-13)18(4)14-8-6-5-7-9-14/h5-12H,1-4H3. The molecule has 2 aromatic rings. The number of hydrogen-bond donors (Lipinski definition) is 0. The van der Waals surface area contributed by atoms with Crippen LogP contribution in [-0.4, -0.2) is 12.0 Å². The molecule has 0 fully saturated rings. The van der Waals surface area contributed by atoms with Crippen LogP contribution in [0.15, 0.2) is 48.7 Å². The lowest BCUT2D eigenvalue weighted by atomic mass is 9.88. The quantitative estimate of drug-likeness (QED) is 0.784. The summed E-state index contributed by atoms with van der Waals surface area (Å²) in [5.74, 6) is 0.967. The average Bonchev–Trinajstić information content (AvgIpc) is 2.38. The Morgan fingerprint density at radius 1 is 0.944 bits per heavy atom. The van der Waals surface area contributed by atoms with Crippen LogP contribution in [0.5, 0.6) is 0 Å². The van der Waals surface area contributed by atoms with Gasteiger partial charge in [0.1, 0.15) is 5.82 Å². The third-order valence-corrected chi connectivity index (χ3v) is 3.10. The molecule has 0 amide bonds. The Labute approximate surface area is 109 Å². The minimum atomic E-state index is 0.150. The summed E-state index contributed by atoms with van der Waals surface area (Å²) in [5, 5.41) is 0. The molecule has 0 spiro atoms. The highest BCUT2D eigenvalue weighted by Crippen LogP contribution is 2.25. The topological polar surface area (TPSA) is 16.1 Å². The first kappa shape index (κ1) is 12.6. The zero-order valence-electron chi connectivity index (χ0n) is 11.5. The van der Waals surface area contributed by atoms with Crippen LogP contribution < -0.4 is 4.90 Å². The lowest BCUT2D eigenvalue weighted by Gasteiger charge is -2.21. The van der Waals surface area contributed by atoms with Crippen LogP contribution in [0.2, 0.25) is 0 Å². The molecule has 0 atom stereocenters. The van der Waals surface area contributed by atoms with Gasteiger partial charge < -0.3 is 4.90 Å². The Balaban J connectivity index is 2.25. The summed E-state index contributed by atoms with van der Waals surface area (Å²) in [7, 11) is 2.04. The molecule has 1 aromatic carbocycles. The zero-order valence-corrected chi connectivity index (χ0v) is 11.5. The van der Waals surface area contributed by atoms with Crippen molar-refractivity contribution in [3.05, 3.63) is 54.2 Å². The first-order valence-corrected chi connectivity index (χ1v) is 6.24. The molecule has 1 aromatic heterocycles. The second-order valence-corrected chi connectivity index (χ2v) is 5.55. The van der Waals surface area contributed by atoms with E-state index in [4.69, 9.17) is 0 Å². The van der Waals surface area contributed by atoms with Crippen LogP contribution in [0.25, 0.3) is 0 Å². The van der Waals surface area contributed by atoms with Gasteiger partial charge >= 0.3 is 0 Å². The van der Waals surface area contributed by atoms with E-state index < -0.39 is 0 Å². The molecule has 0 saturated carbocycles. The van der Waals surface area contributed by atoms with Crippen molar-refractivity contribution < 1.29 is 0 Å². The average molecular weight is 240 g/mol. The maximum Gasteiger partial charge on any atom is 0.132 e. The minimum absolute atomic E-state index is 0.150. The van der Waals surface area contributed by atoms with Crippen molar-refractivity contribution in [3.8, 4) is 0 Å². The van der Waals surface area contributed by atoms with E-state index in [-0.39, 0.29) is 5.41 Å². The van der Waals surface area contributed by atoms with E-state index in [1.807, 2.05) is 31.4 Å². The monoisotopic (exact) mass is 240 g/mol. The Bertz CT molecular complexity index is 495. The predicted octanol–water partition coefficient (Wildman–Crippen LogP) is 4.15. The van der Waals surface area contributed by atoms with Crippen molar-refractivity contribution >= 4 is 11.5 Å². The molecule has 18 heavy (non-hydrogen) atoms. The molecule has 0 bridgehead atoms. The van der Waals surface area contributed by atoms with Crippen molar-refractivity contribution in [2.45, 2.75) is 26.2 Å². The molecule has 0 unspecified atom stereocenters. The Morgan fingerprint density at radius 3 is 2.11 bits per heavy atom. The molecule has 0 saturated heterocycles. The van der Waals surface area contributed by atoms with E-state index in [1.165, 1.54) is 5.56 Å². The highest BCUT2D eigenvalue weighted by molar-refractivity contribution is 5.58. The van der Waals surface area contributed by atoms with Crippen LogP contribution >= 0.6 is 0 Å². The van der Waals surface area contributed by atoms with Gasteiger partial charge in [0.2, 0.25) is 0 Å². The molecule has 1 heterocycles. The van der Waals surface area contributed by atoms with Crippen LogP contribution in [-0.2, 0) is 5.41 Å². The SMILES string of the molecule is CN(c1ccccc1)c1ccc(C(C)(C)C)cn1. The van der Waals surface area contributed by atoms with E-state index in [0.29, 0.717) is 0 Å². The van der Waals surface area contributed by atoms with Crippen molar-refractivity contribution in [1.82, 2.24) is 4.98 Å². The third kappa shape index (κ3) is 2.70. The third-order valence-electron chi connectivity index (χ3n) is 3.10. The molecule has 0 radical (unpaired) electrons. The Kier molecular flexibility index (Phi) is 3.37. The summed E-state index contributed by atoms with van der Waals surface area (Å²) in [6.45, 7) is 6.60. The summed E-state index contributed by atoms with van der Waals surface area (Å²) in [6.07, 6.45) is 1.97. The van der Waals surface area contributed by atoms with Crippen molar-refractivity contribution in [3.63, 3.8) is 0 Å². The highest BCUT2D eigenvalue weighted by atomic mass is 15.2. The van der Waals surface area contributed by atoms with Gasteiger partial charge in [-0.2, -0.15) is 0 Å². The molecular formula is C16H20N2. The zero-order chi connectivity index (χ0) is 13.2. The summed E-state index contributed by atoms with van der Waals surface area (Å²) in [4.78, 5) is 6.64. The number of para-hydroxylation sites is 1. The minimum Gasteiger partial charge on any atom is -0.329 e. The number of aromatic nitrogens is 1. The van der Waals surface area contributed by atoms with Crippen molar-refractivity contribution in [1.29, 1.82) is 0 Å². The molecular weight excluding hydrogens is 220 g/mol. The molecule has 2 heteroatoms. The lowest BCUT2D eigenvalue weighted by Crippen LogP contribution is -2.14. The molecule has 0 N–H and O–H groups in total. The van der Waals surface area contributed by atoms with Crippen LogP contribution in [0.4, 0.5) is 11.5 Å². The fraction of sp³-hybridized carbons (Fsp3) is 0.312. The van der Waals surface area contributed by atoms with Gasteiger partial charge in [0.25, 0.3) is 0 Å². The largest absolute Gasteiger partial charge is 0.329 e. The number of hydrogen-bond acceptors (Lipinski definition) is 2. The summed E-state index contributed by atoms with van der Waals surface area (Å²) in [6, 6.07) is 14.5. The van der Waals surface area contributed by atoms with Gasteiger partial charge in [0.05, 0.1) is 0 Å². The van der Waals surface area contributed by atoms with Gasteiger partial charge in [0, 0.05) is 18.9 Å². The van der Waals surface area contributed by atoms with Crippen LogP contribution in [0, 0.1) is 0 Å². The normalized spacial score (nSPS) is 11.3. The van der Waals surface area contributed by atoms with E-state index in [2.05, 4.69) is 54.9 Å². The van der Waals surface area contributed by atoms with E-state index in [0.717, 1.165) is 11.5 Å². The lowest BCUT2D eigenvalue weighted by molar-refractivity contribution is 0.587. The first-order chi connectivity index (χ1) is 8.48. The van der Waals surface area contributed by atoms with Gasteiger partial charge in [-0.15, -0.1) is 0 Å².